The average Bonchev–Trinajstić information content (AvgIpc) is 3.29. The summed E-state index contributed by atoms with van der Waals surface area (Å²) in [5.74, 6) is 1.49. The minimum Gasteiger partial charge on any atom is -0.496 e. The van der Waals surface area contributed by atoms with Crippen LogP contribution in [-0.2, 0) is 33.2 Å². The molecule has 0 amide bonds. The second kappa shape index (κ2) is 13.4. The van der Waals surface area contributed by atoms with E-state index in [0.29, 0.717) is 41.4 Å². The zero-order valence-electron chi connectivity index (χ0n) is 27.1. The first-order valence-corrected chi connectivity index (χ1v) is 16.0. The van der Waals surface area contributed by atoms with Crippen LogP contribution in [0.1, 0.15) is 72.6 Å². The molecule has 3 aliphatic rings. The number of alkyl halides is 6. The quantitative estimate of drug-likeness (QED) is 0.185. The number of carbonyl (C=O) groups excluding carboxylic acids is 1. The fourth-order valence-electron chi connectivity index (χ4n) is 6.85. The first-order valence-electron chi connectivity index (χ1n) is 16.0. The van der Waals surface area contributed by atoms with Crippen LogP contribution in [0.25, 0.3) is 11.1 Å². The number of anilines is 1. The lowest BCUT2D eigenvalue weighted by molar-refractivity contribution is -0.154. The largest absolute Gasteiger partial charge is 0.496 e. The number of ether oxygens (including phenoxy) is 3. The molecule has 1 aliphatic carbocycles. The molecule has 8 nitrogen and oxygen atoms in total. The minimum atomic E-state index is -5.03. The highest BCUT2D eigenvalue weighted by Gasteiger charge is 2.43. The van der Waals surface area contributed by atoms with Gasteiger partial charge in [0.2, 0.25) is 6.41 Å². The van der Waals surface area contributed by atoms with E-state index in [1.165, 1.54) is 12.0 Å². The number of halogens is 6. The van der Waals surface area contributed by atoms with Gasteiger partial charge in [-0.05, 0) is 91.6 Å². The minimum absolute atomic E-state index is 0.0288. The summed E-state index contributed by atoms with van der Waals surface area (Å²) in [6.07, 6.45) is -9.98. The van der Waals surface area contributed by atoms with Gasteiger partial charge >= 0.3 is 18.3 Å². The van der Waals surface area contributed by atoms with Crippen molar-refractivity contribution in [2.75, 3.05) is 32.2 Å². The van der Waals surface area contributed by atoms with Crippen molar-refractivity contribution in [1.82, 2.24) is 9.88 Å². The number of nitrogens with zero attached hydrogens (tertiary/aromatic N) is 3. The molecule has 3 heterocycles. The highest BCUT2D eigenvalue weighted by Crippen LogP contribution is 2.47. The van der Waals surface area contributed by atoms with Gasteiger partial charge in [-0.15, -0.1) is 0 Å². The van der Waals surface area contributed by atoms with E-state index in [2.05, 4.69) is 4.90 Å². The van der Waals surface area contributed by atoms with E-state index in [9.17, 15) is 36.2 Å². The Balaban J connectivity index is 1.33. The van der Waals surface area contributed by atoms with Gasteiger partial charge in [-0.1, -0.05) is 6.07 Å². The van der Waals surface area contributed by atoms with Crippen LogP contribution in [0.15, 0.2) is 48.5 Å². The van der Waals surface area contributed by atoms with Crippen LogP contribution in [0.5, 0.6) is 5.75 Å². The van der Waals surface area contributed by atoms with E-state index >= 15 is 0 Å². The number of hydrogen-bond acceptors (Lipinski definition) is 8. The number of benzene rings is 2. The van der Waals surface area contributed by atoms with Crippen molar-refractivity contribution in [2.45, 2.75) is 76.0 Å². The highest BCUT2D eigenvalue weighted by molar-refractivity contribution is 5.75. The van der Waals surface area contributed by atoms with Crippen LogP contribution in [0, 0.1) is 5.92 Å². The third-order valence-corrected chi connectivity index (χ3v) is 9.83. The topological polar surface area (TPSA) is 84.4 Å². The number of aliphatic hydroxyl groups excluding tert-OH is 1. The van der Waals surface area contributed by atoms with Crippen molar-refractivity contribution in [2.24, 2.45) is 5.92 Å². The maximum absolute atomic E-state index is 13.6. The summed E-state index contributed by atoms with van der Waals surface area (Å²) in [7, 11) is 2.92. The van der Waals surface area contributed by atoms with Crippen molar-refractivity contribution in [3.63, 3.8) is 0 Å². The molecular weight excluding hydrogens is 656 g/mol. The van der Waals surface area contributed by atoms with Crippen molar-refractivity contribution < 1.29 is 50.5 Å². The van der Waals surface area contributed by atoms with Gasteiger partial charge in [0.25, 0.3) is 0 Å². The Labute approximate surface area is 279 Å². The molecule has 1 N–H and O–H groups in total. The van der Waals surface area contributed by atoms with Gasteiger partial charge in [0.15, 0.2) is 0 Å². The lowest BCUT2D eigenvalue weighted by Crippen LogP contribution is -2.38. The predicted octanol–water partition coefficient (Wildman–Crippen LogP) is 7.30. The van der Waals surface area contributed by atoms with Crippen LogP contribution in [0.2, 0.25) is 0 Å². The SMILES string of the molecule is COC(=O)C[C@H]1C[C@H](c2ccc(OC)c(-c3ccc(N4CCC4)nc3CN3C(O)O[C@H](c4cc(C(F)(F)F)cc(C(F)(F)F)c4)[C@@H]3C)c2)C1. The van der Waals surface area contributed by atoms with E-state index < -0.39 is 42.0 Å². The van der Waals surface area contributed by atoms with E-state index in [0.717, 1.165) is 43.5 Å². The fourth-order valence-corrected chi connectivity index (χ4v) is 6.85. The number of aliphatic hydroxyl groups is 1. The van der Waals surface area contributed by atoms with Crippen LogP contribution >= 0.6 is 0 Å². The summed E-state index contributed by atoms with van der Waals surface area (Å²) in [6, 6.07) is 10.2. The van der Waals surface area contributed by atoms with Gasteiger partial charge in [-0.2, -0.15) is 26.3 Å². The lowest BCUT2D eigenvalue weighted by Gasteiger charge is -2.35. The van der Waals surface area contributed by atoms with Crippen molar-refractivity contribution in [3.8, 4) is 16.9 Å². The highest BCUT2D eigenvalue weighted by atomic mass is 19.4. The molecule has 2 aromatic carbocycles. The third kappa shape index (κ3) is 7.22. The molecule has 49 heavy (non-hydrogen) atoms. The smallest absolute Gasteiger partial charge is 0.416 e. The van der Waals surface area contributed by atoms with Crippen molar-refractivity contribution in [3.05, 3.63) is 76.5 Å². The monoisotopic (exact) mass is 693 g/mol. The number of pyridine rings is 1. The molecule has 3 atom stereocenters. The van der Waals surface area contributed by atoms with Gasteiger partial charge in [-0.25, -0.2) is 9.88 Å². The second-order valence-electron chi connectivity index (χ2n) is 12.9. The van der Waals surface area contributed by atoms with Crippen LogP contribution in [0.4, 0.5) is 32.2 Å². The summed E-state index contributed by atoms with van der Waals surface area (Å²) < 4.78 is 98.1. The number of aromatic nitrogens is 1. The number of esters is 1. The van der Waals surface area contributed by atoms with Crippen molar-refractivity contribution in [1.29, 1.82) is 0 Å². The van der Waals surface area contributed by atoms with Gasteiger partial charge < -0.3 is 24.2 Å². The molecule has 3 fully saturated rings. The lowest BCUT2D eigenvalue weighted by atomic mass is 9.70. The molecule has 3 aromatic rings. The standard InChI is InChI=1S/C35H37F6N3O5/c1-19-32(23-14-24(34(36,37)38)17-25(15-23)35(39,40)41)49-33(46)44(19)18-28-26(6-8-30(42-28)43-9-4-10-43)27-16-21(5-7-29(27)47-2)22-11-20(12-22)13-31(45)48-3/h5-8,14-17,19-20,22,32-33,46H,4,9-13,18H2,1-3H3/t19-,20-,22-,32-,33?/m0/s1. The molecule has 0 spiro atoms. The zero-order valence-corrected chi connectivity index (χ0v) is 27.1. The fraction of sp³-hybridized carbons (Fsp3) is 0.486. The van der Waals surface area contributed by atoms with Gasteiger partial charge in [0, 0.05) is 43.2 Å². The molecule has 2 saturated heterocycles. The van der Waals surface area contributed by atoms with Gasteiger partial charge in [0.05, 0.1) is 31.0 Å². The average molecular weight is 694 g/mol. The molecule has 1 saturated carbocycles. The number of carbonyl (C=O) groups is 1. The Morgan fingerprint density at radius 1 is 0.939 bits per heavy atom. The first kappa shape index (κ1) is 35.0. The predicted molar refractivity (Wildman–Crippen MR) is 166 cm³/mol. The van der Waals surface area contributed by atoms with E-state index in [-0.39, 0.29) is 36.0 Å². The van der Waals surface area contributed by atoms with E-state index in [1.807, 2.05) is 30.3 Å². The number of methoxy groups -OCH3 is 2. The van der Waals surface area contributed by atoms with Crippen LogP contribution in [0.3, 0.4) is 0 Å². The molecule has 2 aliphatic heterocycles. The zero-order chi connectivity index (χ0) is 35.2. The van der Waals surface area contributed by atoms with Crippen LogP contribution in [-0.4, -0.2) is 60.7 Å². The Morgan fingerprint density at radius 3 is 2.18 bits per heavy atom. The molecule has 1 unspecified atom stereocenters. The number of rotatable bonds is 9. The Morgan fingerprint density at radius 2 is 1.61 bits per heavy atom. The maximum Gasteiger partial charge on any atom is 0.416 e. The van der Waals surface area contributed by atoms with Crippen LogP contribution < -0.4 is 9.64 Å². The first-order chi connectivity index (χ1) is 23.2. The van der Waals surface area contributed by atoms with Gasteiger partial charge in [-0.3, -0.25) is 4.79 Å². The molecule has 14 heteroatoms. The summed E-state index contributed by atoms with van der Waals surface area (Å²) in [4.78, 5) is 20.2. The molecule has 6 rings (SSSR count). The Hall–Kier alpha value is -3.88. The Kier molecular flexibility index (Phi) is 9.59. The van der Waals surface area contributed by atoms with Crippen molar-refractivity contribution >= 4 is 11.8 Å². The third-order valence-electron chi connectivity index (χ3n) is 9.83. The summed E-state index contributed by atoms with van der Waals surface area (Å²) >= 11 is 0. The molecule has 1 aromatic heterocycles. The molecular formula is C35H37F6N3O5. The Bertz CT molecular complexity index is 1660. The molecule has 264 valence electrons. The van der Waals surface area contributed by atoms with E-state index in [1.54, 1.807) is 14.0 Å². The van der Waals surface area contributed by atoms with Gasteiger partial charge in [0.1, 0.15) is 17.7 Å². The summed E-state index contributed by atoms with van der Waals surface area (Å²) in [6.45, 7) is 3.17. The molecule has 0 radical (unpaired) electrons. The second-order valence-corrected chi connectivity index (χ2v) is 12.9. The normalized spacial score (nSPS) is 24.4. The number of hydrogen-bond donors (Lipinski definition) is 1. The summed E-state index contributed by atoms with van der Waals surface area (Å²) in [5, 5.41) is 11.0. The maximum atomic E-state index is 13.6. The molecule has 0 bridgehead atoms. The van der Waals surface area contributed by atoms with E-state index in [4.69, 9.17) is 19.2 Å². The summed E-state index contributed by atoms with van der Waals surface area (Å²) in [5.41, 5.74) is -0.260.